The minimum Gasteiger partial charge on any atom is -0.445 e. The molecule has 1 aliphatic heterocycles. The topological polar surface area (TPSA) is 55.6 Å². The Morgan fingerprint density at radius 3 is 2.78 bits per heavy atom. The number of hydrogen-bond donors (Lipinski definition) is 1. The molecule has 1 heterocycles. The summed E-state index contributed by atoms with van der Waals surface area (Å²) in [6.45, 7) is 3.74. The summed E-state index contributed by atoms with van der Waals surface area (Å²) in [6.07, 6.45) is 0.736. The van der Waals surface area contributed by atoms with Gasteiger partial charge >= 0.3 is 6.09 Å². The summed E-state index contributed by atoms with van der Waals surface area (Å²) in [7, 11) is 0. The van der Waals surface area contributed by atoms with Gasteiger partial charge in [-0.2, -0.15) is 0 Å². The smallest absolute Gasteiger partial charge is 0.410 e. The van der Waals surface area contributed by atoms with E-state index in [2.05, 4.69) is 0 Å². The number of benzene rings is 1. The van der Waals surface area contributed by atoms with Crippen LogP contribution in [0.2, 0.25) is 0 Å². The molecule has 98 valence electrons. The Bertz CT molecular complexity index is 394. The molecule has 4 heteroatoms. The number of amides is 1. The first-order valence-electron chi connectivity index (χ1n) is 6.39. The van der Waals surface area contributed by atoms with Gasteiger partial charge in [0.05, 0.1) is 0 Å². The number of likely N-dealkylation sites (tertiary alicyclic amines) is 1. The zero-order chi connectivity index (χ0) is 13.0. The lowest BCUT2D eigenvalue weighted by Gasteiger charge is -2.23. The molecule has 4 nitrogen and oxygen atoms in total. The van der Waals surface area contributed by atoms with Crippen molar-refractivity contribution < 1.29 is 9.53 Å². The number of ether oxygens (including phenoxy) is 1. The van der Waals surface area contributed by atoms with Crippen LogP contribution in [-0.2, 0) is 11.3 Å². The Labute approximate surface area is 108 Å². The van der Waals surface area contributed by atoms with Gasteiger partial charge in [0.25, 0.3) is 0 Å². The molecule has 0 radical (unpaired) electrons. The molecule has 18 heavy (non-hydrogen) atoms. The fraction of sp³-hybridized carbons (Fsp3) is 0.500. The third kappa shape index (κ3) is 2.82. The fourth-order valence-electron chi connectivity index (χ4n) is 2.38. The molecule has 1 aromatic carbocycles. The van der Waals surface area contributed by atoms with E-state index in [9.17, 15) is 4.79 Å². The molecule has 2 N–H and O–H groups in total. The molecule has 0 spiro atoms. The van der Waals surface area contributed by atoms with E-state index in [4.69, 9.17) is 10.5 Å². The first-order valence-corrected chi connectivity index (χ1v) is 6.39. The highest BCUT2D eigenvalue weighted by atomic mass is 16.6. The minimum absolute atomic E-state index is 0.179. The van der Waals surface area contributed by atoms with Crippen LogP contribution in [0.25, 0.3) is 0 Å². The largest absolute Gasteiger partial charge is 0.445 e. The number of rotatable bonds is 3. The van der Waals surface area contributed by atoms with Gasteiger partial charge in [0.15, 0.2) is 0 Å². The van der Waals surface area contributed by atoms with Crippen molar-refractivity contribution in [2.75, 3.05) is 13.1 Å². The maximum absolute atomic E-state index is 12.0. The summed E-state index contributed by atoms with van der Waals surface area (Å²) in [5.41, 5.74) is 6.68. The van der Waals surface area contributed by atoms with E-state index in [-0.39, 0.29) is 12.1 Å². The average Bonchev–Trinajstić information content (AvgIpc) is 2.78. The first-order chi connectivity index (χ1) is 8.72. The molecule has 1 aromatic rings. The number of nitrogens with two attached hydrogens (primary N) is 1. The van der Waals surface area contributed by atoms with Gasteiger partial charge in [-0.15, -0.1) is 0 Å². The Kier molecular flexibility index (Phi) is 4.20. The number of nitrogens with zero attached hydrogens (tertiary/aromatic N) is 1. The van der Waals surface area contributed by atoms with Crippen LogP contribution in [0, 0.1) is 5.92 Å². The molecule has 0 bridgehead atoms. The van der Waals surface area contributed by atoms with Crippen LogP contribution < -0.4 is 5.73 Å². The van der Waals surface area contributed by atoms with Crippen molar-refractivity contribution in [1.82, 2.24) is 4.90 Å². The van der Waals surface area contributed by atoms with E-state index >= 15 is 0 Å². The van der Waals surface area contributed by atoms with E-state index in [0.29, 0.717) is 19.1 Å². The van der Waals surface area contributed by atoms with Crippen LogP contribution in [0.4, 0.5) is 4.79 Å². The molecule has 1 saturated heterocycles. The second-order valence-corrected chi connectivity index (χ2v) is 4.76. The molecule has 2 unspecified atom stereocenters. The maximum Gasteiger partial charge on any atom is 0.410 e. The van der Waals surface area contributed by atoms with Gasteiger partial charge in [0.1, 0.15) is 6.61 Å². The number of carbonyl (C=O) groups is 1. The molecule has 1 amide bonds. The molecule has 0 saturated carbocycles. The fourth-order valence-corrected chi connectivity index (χ4v) is 2.38. The lowest BCUT2D eigenvalue weighted by molar-refractivity contribution is 0.0915. The monoisotopic (exact) mass is 248 g/mol. The zero-order valence-corrected chi connectivity index (χ0v) is 10.7. The highest BCUT2D eigenvalue weighted by Crippen LogP contribution is 2.23. The van der Waals surface area contributed by atoms with Gasteiger partial charge in [-0.25, -0.2) is 4.79 Å². The molecule has 2 atom stereocenters. The Morgan fingerprint density at radius 1 is 1.44 bits per heavy atom. The molecule has 1 aliphatic rings. The molecular weight excluding hydrogens is 228 g/mol. The van der Waals surface area contributed by atoms with Gasteiger partial charge in [0, 0.05) is 12.6 Å². The first kappa shape index (κ1) is 12.9. The second kappa shape index (κ2) is 5.87. The van der Waals surface area contributed by atoms with E-state index < -0.39 is 0 Å². The van der Waals surface area contributed by atoms with Gasteiger partial charge in [0.2, 0.25) is 0 Å². The molecular formula is C14H20N2O2. The van der Waals surface area contributed by atoms with Gasteiger partial charge in [-0.1, -0.05) is 30.3 Å². The molecule has 1 fully saturated rings. The van der Waals surface area contributed by atoms with Crippen molar-refractivity contribution >= 4 is 6.09 Å². The summed E-state index contributed by atoms with van der Waals surface area (Å²) >= 11 is 0. The summed E-state index contributed by atoms with van der Waals surface area (Å²) in [6, 6.07) is 9.89. The van der Waals surface area contributed by atoms with Crippen molar-refractivity contribution in [3.8, 4) is 0 Å². The zero-order valence-electron chi connectivity index (χ0n) is 10.7. The van der Waals surface area contributed by atoms with Crippen molar-refractivity contribution in [3.05, 3.63) is 35.9 Å². The van der Waals surface area contributed by atoms with Crippen LogP contribution in [0.5, 0.6) is 0 Å². The molecule has 0 aromatic heterocycles. The third-order valence-corrected chi connectivity index (χ3v) is 3.66. The van der Waals surface area contributed by atoms with Crippen LogP contribution in [0.1, 0.15) is 18.9 Å². The van der Waals surface area contributed by atoms with E-state index in [1.165, 1.54) is 0 Å². The maximum atomic E-state index is 12.0. The minimum atomic E-state index is -0.234. The normalized spacial score (nSPS) is 23.1. The lowest BCUT2D eigenvalue weighted by atomic mass is 10.0. The van der Waals surface area contributed by atoms with Crippen molar-refractivity contribution in [2.24, 2.45) is 11.7 Å². The molecule has 2 rings (SSSR count). The van der Waals surface area contributed by atoms with E-state index in [1.807, 2.05) is 37.3 Å². The average molecular weight is 248 g/mol. The standard InChI is InChI=1S/C14H20N2O2/c1-11-13(9-15)7-8-16(11)14(17)18-10-12-5-3-2-4-6-12/h2-6,11,13H,7-10,15H2,1H3. The van der Waals surface area contributed by atoms with Gasteiger partial charge in [-0.3, -0.25) is 0 Å². The highest BCUT2D eigenvalue weighted by molar-refractivity contribution is 5.68. The van der Waals surface area contributed by atoms with Gasteiger partial charge in [-0.05, 0) is 31.4 Å². The predicted octanol–water partition coefficient (Wildman–Crippen LogP) is 1.99. The quantitative estimate of drug-likeness (QED) is 0.890. The SMILES string of the molecule is CC1C(CN)CCN1C(=O)OCc1ccccc1. The summed E-state index contributed by atoms with van der Waals surface area (Å²) in [4.78, 5) is 13.7. The highest BCUT2D eigenvalue weighted by Gasteiger charge is 2.33. The van der Waals surface area contributed by atoms with Crippen molar-refractivity contribution in [1.29, 1.82) is 0 Å². The van der Waals surface area contributed by atoms with Crippen LogP contribution in [0.15, 0.2) is 30.3 Å². The Morgan fingerprint density at radius 2 is 2.17 bits per heavy atom. The Balaban J connectivity index is 1.86. The molecule has 0 aliphatic carbocycles. The van der Waals surface area contributed by atoms with Gasteiger partial charge < -0.3 is 15.4 Å². The summed E-state index contributed by atoms with van der Waals surface area (Å²) in [5.74, 6) is 0.397. The third-order valence-electron chi connectivity index (χ3n) is 3.66. The summed E-state index contributed by atoms with van der Waals surface area (Å²) < 4.78 is 5.32. The van der Waals surface area contributed by atoms with Crippen molar-refractivity contribution in [3.63, 3.8) is 0 Å². The van der Waals surface area contributed by atoms with E-state index in [1.54, 1.807) is 4.90 Å². The van der Waals surface area contributed by atoms with Crippen molar-refractivity contribution in [2.45, 2.75) is 26.0 Å². The van der Waals surface area contributed by atoms with Crippen LogP contribution >= 0.6 is 0 Å². The van der Waals surface area contributed by atoms with Crippen LogP contribution in [-0.4, -0.2) is 30.1 Å². The number of hydrogen-bond acceptors (Lipinski definition) is 3. The second-order valence-electron chi connectivity index (χ2n) is 4.76. The Hall–Kier alpha value is -1.55. The van der Waals surface area contributed by atoms with Crippen LogP contribution in [0.3, 0.4) is 0 Å². The lowest BCUT2D eigenvalue weighted by Crippen LogP contribution is -2.37. The summed E-state index contributed by atoms with van der Waals surface area (Å²) in [5, 5.41) is 0. The predicted molar refractivity (Wildman–Crippen MR) is 70.0 cm³/mol. The van der Waals surface area contributed by atoms with E-state index in [0.717, 1.165) is 18.5 Å². The number of carbonyl (C=O) groups excluding carboxylic acids is 1.